The van der Waals surface area contributed by atoms with E-state index in [1.807, 2.05) is 32.0 Å². The quantitative estimate of drug-likeness (QED) is 0.312. The van der Waals surface area contributed by atoms with Crippen LogP contribution in [0.3, 0.4) is 0 Å². The van der Waals surface area contributed by atoms with E-state index in [4.69, 9.17) is 14.2 Å². The molecule has 1 amide bonds. The highest BCUT2D eigenvalue weighted by Gasteiger charge is 2.24. The fraction of sp³-hybridized carbons (Fsp3) is 0.364. The number of esters is 1. The predicted molar refractivity (Wildman–Crippen MR) is 123 cm³/mol. The van der Waals surface area contributed by atoms with Gasteiger partial charge in [0, 0.05) is 11.9 Å². The third-order valence-corrected chi connectivity index (χ3v) is 7.14. The van der Waals surface area contributed by atoms with Crippen LogP contribution in [-0.4, -0.2) is 40.5 Å². The number of fused-ring (bicyclic) bond motifs is 2. The zero-order chi connectivity index (χ0) is 22.8. The molecule has 0 bridgehead atoms. The Labute approximate surface area is 193 Å². The van der Waals surface area contributed by atoms with Gasteiger partial charge in [0.1, 0.15) is 20.6 Å². The summed E-state index contributed by atoms with van der Waals surface area (Å²) in [6.45, 7) is 8.16. The van der Waals surface area contributed by atoms with E-state index in [1.165, 1.54) is 23.1 Å². The van der Waals surface area contributed by atoms with Gasteiger partial charge in [-0.05, 0) is 51.0 Å². The molecule has 168 valence electrons. The van der Waals surface area contributed by atoms with Gasteiger partial charge in [-0.3, -0.25) is 4.79 Å². The number of hydrogen-bond donors (Lipinski definition) is 1. The van der Waals surface area contributed by atoms with Crippen molar-refractivity contribution >= 4 is 45.2 Å². The summed E-state index contributed by atoms with van der Waals surface area (Å²) in [5.41, 5.74) is 1.70. The molecule has 0 radical (unpaired) electrons. The van der Waals surface area contributed by atoms with E-state index in [1.54, 1.807) is 13.8 Å². The molecule has 1 unspecified atom stereocenters. The van der Waals surface area contributed by atoms with E-state index >= 15 is 0 Å². The second-order valence-electron chi connectivity index (χ2n) is 7.20. The van der Waals surface area contributed by atoms with Crippen LogP contribution in [-0.2, 0) is 16.1 Å². The van der Waals surface area contributed by atoms with Gasteiger partial charge in [-0.2, -0.15) is 0 Å². The molecule has 0 saturated carbocycles. The van der Waals surface area contributed by atoms with Crippen molar-refractivity contribution in [2.45, 2.75) is 44.5 Å². The van der Waals surface area contributed by atoms with Crippen LogP contribution < -0.4 is 14.8 Å². The molecular formula is C22H23N3O5S2. The summed E-state index contributed by atoms with van der Waals surface area (Å²) in [6.07, 6.45) is 0. The average molecular weight is 474 g/mol. The minimum absolute atomic E-state index is 0.115. The lowest BCUT2D eigenvalue weighted by Gasteiger charge is -2.13. The number of rotatable bonds is 7. The number of aryl methyl sites for hydroxylation is 2. The van der Waals surface area contributed by atoms with Gasteiger partial charge >= 0.3 is 5.97 Å². The number of nitrogens with one attached hydrogen (secondary N) is 1. The monoisotopic (exact) mass is 473 g/mol. The summed E-state index contributed by atoms with van der Waals surface area (Å²) in [4.78, 5) is 35.3. The van der Waals surface area contributed by atoms with Crippen molar-refractivity contribution in [1.29, 1.82) is 0 Å². The lowest BCUT2D eigenvalue weighted by atomic mass is 10.2. The SMILES string of the molecule is CCOC(=O)c1sc2nc(C)nc(SC(C)C(=O)NCc3ccc4c(c3)OCO4)c2c1C. The first kappa shape index (κ1) is 22.3. The Morgan fingerprint density at radius 3 is 2.81 bits per heavy atom. The Hall–Kier alpha value is -2.85. The molecule has 10 heteroatoms. The van der Waals surface area contributed by atoms with Crippen LogP contribution >= 0.6 is 23.1 Å². The zero-order valence-electron chi connectivity index (χ0n) is 18.2. The molecule has 32 heavy (non-hydrogen) atoms. The second kappa shape index (κ2) is 9.33. The Morgan fingerprint density at radius 1 is 1.25 bits per heavy atom. The number of aromatic nitrogens is 2. The van der Waals surface area contributed by atoms with E-state index in [2.05, 4.69) is 15.3 Å². The highest BCUT2D eigenvalue weighted by Crippen LogP contribution is 2.37. The molecule has 1 aliphatic heterocycles. The molecule has 8 nitrogen and oxygen atoms in total. The molecule has 0 aliphatic carbocycles. The van der Waals surface area contributed by atoms with E-state index in [-0.39, 0.29) is 18.7 Å². The molecular weight excluding hydrogens is 450 g/mol. The second-order valence-corrected chi connectivity index (χ2v) is 9.53. The van der Waals surface area contributed by atoms with E-state index < -0.39 is 5.25 Å². The maximum absolute atomic E-state index is 12.8. The first-order valence-electron chi connectivity index (χ1n) is 10.1. The first-order chi connectivity index (χ1) is 15.4. The molecule has 1 aliphatic rings. The van der Waals surface area contributed by atoms with Crippen molar-refractivity contribution in [3.63, 3.8) is 0 Å². The molecule has 1 atom stereocenters. The maximum Gasteiger partial charge on any atom is 0.348 e. The van der Waals surface area contributed by atoms with Crippen LogP contribution in [0.1, 0.15) is 40.5 Å². The van der Waals surface area contributed by atoms with Gasteiger partial charge in [0.05, 0.1) is 11.9 Å². The number of hydrogen-bond acceptors (Lipinski definition) is 9. The van der Waals surface area contributed by atoms with E-state index in [0.717, 1.165) is 16.5 Å². The Bertz CT molecular complexity index is 1190. The molecule has 0 spiro atoms. The number of nitrogens with zero attached hydrogens (tertiary/aromatic N) is 2. The third kappa shape index (κ3) is 4.51. The van der Waals surface area contributed by atoms with E-state index in [0.29, 0.717) is 45.2 Å². The van der Waals surface area contributed by atoms with Crippen LogP contribution in [0.15, 0.2) is 23.2 Å². The van der Waals surface area contributed by atoms with Crippen LogP contribution in [0, 0.1) is 13.8 Å². The smallest absolute Gasteiger partial charge is 0.348 e. The van der Waals surface area contributed by atoms with Crippen molar-refractivity contribution in [3.8, 4) is 11.5 Å². The maximum atomic E-state index is 12.8. The topological polar surface area (TPSA) is 99.6 Å². The normalized spacial score (nSPS) is 13.2. The van der Waals surface area contributed by atoms with Crippen LogP contribution in [0.4, 0.5) is 0 Å². The first-order valence-corrected chi connectivity index (χ1v) is 11.8. The average Bonchev–Trinajstić information content (AvgIpc) is 3.35. The highest BCUT2D eigenvalue weighted by atomic mass is 32.2. The molecule has 4 rings (SSSR count). The molecule has 3 heterocycles. The largest absolute Gasteiger partial charge is 0.462 e. The third-order valence-electron chi connectivity index (χ3n) is 4.89. The van der Waals surface area contributed by atoms with Gasteiger partial charge in [-0.15, -0.1) is 11.3 Å². The van der Waals surface area contributed by atoms with Crippen LogP contribution in [0.2, 0.25) is 0 Å². The van der Waals surface area contributed by atoms with Gasteiger partial charge in [0.2, 0.25) is 12.7 Å². The van der Waals surface area contributed by atoms with Crippen molar-refractivity contribution in [3.05, 3.63) is 40.0 Å². The Kier molecular flexibility index (Phi) is 6.52. The molecule has 2 aromatic heterocycles. The summed E-state index contributed by atoms with van der Waals surface area (Å²) >= 11 is 2.64. The molecule has 0 fully saturated rings. The van der Waals surface area contributed by atoms with Gasteiger partial charge < -0.3 is 19.5 Å². The van der Waals surface area contributed by atoms with Crippen molar-refractivity contribution in [2.75, 3.05) is 13.4 Å². The highest BCUT2D eigenvalue weighted by molar-refractivity contribution is 8.00. The van der Waals surface area contributed by atoms with Gasteiger partial charge in [0.25, 0.3) is 0 Å². The standard InChI is InChI=1S/C22H23N3O5S2/c1-5-28-22(27)18-11(2)17-20(24-13(4)25-21(17)32-18)31-12(3)19(26)23-9-14-6-7-15-16(8-14)30-10-29-15/h6-8,12H,5,9-10H2,1-4H3,(H,23,26). The van der Waals surface area contributed by atoms with Crippen molar-refractivity contribution in [2.24, 2.45) is 0 Å². The number of benzene rings is 1. The lowest BCUT2D eigenvalue weighted by Crippen LogP contribution is -2.30. The van der Waals surface area contributed by atoms with Gasteiger partial charge in [0.15, 0.2) is 11.5 Å². The van der Waals surface area contributed by atoms with E-state index in [9.17, 15) is 9.59 Å². The Balaban J connectivity index is 1.49. The number of ether oxygens (including phenoxy) is 3. The Morgan fingerprint density at radius 2 is 2.03 bits per heavy atom. The number of amides is 1. The van der Waals surface area contributed by atoms with Crippen LogP contribution in [0.5, 0.6) is 11.5 Å². The minimum atomic E-state index is -0.396. The summed E-state index contributed by atoms with van der Waals surface area (Å²) in [5.74, 6) is 1.50. The van der Waals surface area contributed by atoms with Crippen molar-refractivity contribution < 1.29 is 23.8 Å². The number of thioether (sulfide) groups is 1. The lowest BCUT2D eigenvalue weighted by molar-refractivity contribution is -0.120. The summed E-state index contributed by atoms with van der Waals surface area (Å²) in [7, 11) is 0. The molecule has 3 aromatic rings. The number of carbonyl (C=O) groups is 2. The summed E-state index contributed by atoms with van der Waals surface area (Å²) in [5, 5.41) is 4.04. The van der Waals surface area contributed by atoms with Gasteiger partial charge in [-0.1, -0.05) is 17.8 Å². The fourth-order valence-corrected chi connectivity index (χ4v) is 5.55. The number of carbonyl (C=O) groups excluding carboxylic acids is 2. The molecule has 1 aromatic carbocycles. The van der Waals surface area contributed by atoms with Gasteiger partial charge in [-0.25, -0.2) is 14.8 Å². The minimum Gasteiger partial charge on any atom is -0.462 e. The number of thiophene rings is 1. The molecule has 1 N–H and O–H groups in total. The summed E-state index contributed by atoms with van der Waals surface area (Å²) < 4.78 is 15.9. The fourth-order valence-electron chi connectivity index (χ4n) is 3.29. The predicted octanol–water partition coefficient (Wildman–Crippen LogP) is 4.01. The zero-order valence-corrected chi connectivity index (χ0v) is 19.8. The summed E-state index contributed by atoms with van der Waals surface area (Å²) in [6, 6.07) is 5.60. The van der Waals surface area contributed by atoms with Crippen molar-refractivity contribution in [1.82, 2.24) is 15.3 Å². The van der Waals surface area contributed by atoms with Crippen LogP contribution in [0.25, 0.3) is 10.2 Å². The molecule has 0 saturated heterocycles.